The van der Waals surface area contributed by atoms with Crippen LogP contribution in [-0.2, 0) is 9.47 Å². The largest absolute Gasteiger partial charge is 0.489 e. The van der Waals surface area contributed by atoms with Crippen LogP contribution in [0.3, 0.4) is 0 Å². The molecule has 1 fully saturated rings. The zero-order chi connectivity index (χ0) is 26.0. The van der Waals surface area contributed by atoms with E-state index in [1.54, 1.807) is 11.1 Å². The fraction of sp³-hybridized carbons (Fsp3) is 0.407. The van der Waals surface area contributed by atoms with E-state index in [0.29, 0.717) is 31.3 Å². The van der Waals surface area contributed by atoms with E-state index in [1.807, 2.05) is 57.2 Å². The Kier molecular flexibility index (Phi) is 7.19. The number of carbonyl (C=O) groups excluding carboxylic acids is 1. The Bertz CT molecular complexity index is 1310. The van der Waals surface area contributed by atoms with Gasteiger partial charge in [0.1, 0.15) is 23.6 Å². The number of rotatable bonds is 5. The molecule has 194 valence electrons. The van der Waals surface area contributed by atoms with Crippen molar-refractivity contribution in [3.05, 3.63) is 52.6 Å². The number of aromatic nitrogens is 2. The Morgan fingerprint density at radius 3 is 2.73 bits per heavy atom. The smallest absolute Gasteiger partial charge is 0.410 e. The van der Waals surface area contributed by atoms with Crippen LogP contribution in [0, 0.1) is 0 Å². The number of nitrogens with zero attached hydrogens (tertiary/aromatic N) is 4. The van der Waals surface area contributed by atoms with Gasteiger partial charge in [-0.1, -0.05) is 12.1 Å². The van der Waals surface area contributed by atoms with Crippen LogP contribution < -0.4 is 10.1 Å². The molecular weight excluding hydrogens is 538 g/mol. The molecular formula is C27H30BrN5O4. The highest BCUT2D eigenvalue weighted by atomic mass is 79.9. The molecule has 37 heavy (non-hydrogen) atoms. The number of piperidine rings is 1. The van der Waals surface area contributed by atoms with Crippen molar-refractivity contribution in [1.29, 1.82) is 0 Å². The zero-order valence-electron chi connectivity index (χ0n) is 21.1. The summed E-state index contributed by atoms with van der Waals surface area (Å²) in [6.07, 6.45) is 4.40. The number of hydrogen-bond donors (Lipinski definition) is 1. The van der Waals surface area contributed by atoms with Gasteiger partial charge in [-0.2, -0.15) is 0 Å². The number of nitrogens with one attached hydrogen (secondary N) is 1. The molecule has 0 radical (unpaired) electrons. The van der Waals surface area contributed by atoms with Gasteiger partial charge in [0.2, 0.25) is 5.95 Å². The second kappa shape index (κ2) is 10.5. The van der Waals surface area contributed by atoms with Crippen LogP contribution in [-0.4, -0.2) is 58.7 Å². The molecule has 0 bridgehead atoms. The number of anilines is 2. The lowest BCUT2D eigenvalue weighted by molar-refractivity contribution is 0.0126. The first-order valence-corrected chi connectivity index (χ1v) is 13.1. The Morgan fingerprint density at radius 2 is 2.00 bits per heavy atom. The summed E-state index contributed by atoms with van der Waals surface area (Å²) in [4.78, 5) is 27.4. The van der Waals surface area contributed by atoms with Crippen molar-refractivity contribution in [3.63, 3.8) is 0 Å². The zero-order valence-corrected chi connectivity index (χ0v) is 22.7. The number of aliphatic imine (C=N–C) groups is 1. The number of ether oxygens (including phenoxy) is 3. The summed E-state index contributed by atoms with van der Waals surface area (Å²) in [7, 11) is 0. The molecule has 0 spiro atoms. The first kappa shape index (κ1) is 25.3. The lowest BCUT2D eigenvalue weighted by atomic mass is 10.1. The highest BCUT2D eigenvalue weighted by Crippen LogP contribution is 2.32. The van der Waals surface area contributed by atoms with Gasteiger partial charge in [0.05, 0.1) is 16.5 Å². The van der Waals surface area contributed by atoms with E-state index >= 15 is 0 Å². The number of hydrogen-bond acceptors (Lipinski definition) is 8. The van der Waals surface area contributed by atoms with Crippen molar-refractivity contribution in [1.82, 2.24) is 14.9 Å². The molecule has 0 saturated carbocycles. The Morgan fingerprint density at radius 1 is 1.19 bits per heavy atom. The fourth-order valence-corrected chi connectivity index (χ4v) is 4.73. The van der Waals surface area contributed by atoms with Crippen LogP contribution >= 0.6 is 15.9 Å². The van der Waals surface area contributed by atoms with Gasteiger partial charge in [-0.25, -0.2) is 14.8 Å². The van der Waals surface area contributed by atoms with E-state index in [9.17, 15) is 4.79 Å². The van der Waals surface area contributed by atoms with E-state index in [4.69, 9.17) is 19.2 Å². The molecule has 1 atom stereocenters. The second-order valence-corrected chi connectivity index (χ2v) is 11.0. The number of carbonyl (C=O) groups is 1. The maximum atomic E-state index is 12.4. The molecule has 0 aliphatic carbocycles. The van der Waals surface area contributed by atoms with E-state index in [0.717, 1.165) is 39.5 Å². The van der Waals surface area contributed by atoms with Crippen molar-refractivity contribution in [2.75, 3.05) is 25.0 Å². The SMILES string of the molecule is CC(C)(C)OC(=O)N1CCC(Oc2cc3nc(Nc4cccc(C5CN=CO5)c4)ncc3cc2Br)CC1. The maximum absolute atomic E-state index is 12.4. The third-order valence-corrected chi connectivity index (χ3v) is 6.73. The van der Waals surface area contributed by atoms with E-state index < -0.39 is 5.60 Å². The Hall–Kier alpha value is -3.40. The molecule has 10 heteroatoms. The monoisotopic (exact) mass is 567 g/mol. The molecule has 1 N–H and O–H groups in total. The lowest BCUT2D eigenvalue weighted by Gasteiger charge is -2.33. The summed E-state index contributed by atoms with van der Waals surface area (Å²) in [5.74, 6) is 1.21. The second-order valence-electron chi connectivity index (χ2n) is 10.2. The summed E-state index contributed by atoms with van der Waals surface area (Å²) in [6, 6.07) is 11.9. The van der Waals surface area contributed by atoms with Crippen molar-refractivity contribution in [2.24, 2.45) is 4.99 Å². The lowest BCUT2D eigenvalue weighted by Crippen LogP contribution is -2.44. The van der Waals surface area contributed by atoms with Gasteiger partial charge < -0.3 is 24.4 Å². The summed E-state index contributed by atoms with van der Waals surface area (Å²) in [6.45, 7) is 7.44. The van der Waals surface area contributed by atoms with Gasteiger partial charge in [0.15, 0.2) is 6.40 Å². The van der Waals surface area contributed by atoms with Gasteiger partial charge in [0.25, 0.3) is 0 Å². The van der Waals surface area contributed by atoms with Crippen molar-refractivity contribution in [2.45, 2.75) is 51.4 Å². The molecule has 1 saturated heterocycles. The predicted octanol–water partition coefficient (Wildman–Crippen LogP) is 6.01. The maximum Gasteiger partial charge on any atom is 0.410 e. The summed E-state index contributed by atoms with van der Waals surface area (Å²) in [5.41, 5.74) is 2.18. The molecule has 3 aromatic rings. The minimum atomic E-state index is -0.502. The number of benzene rings is 2. The minimum absolute atomic E-state index is 0.00334. The number of fused-ring (bicyclic) bond motifs is 1. The normalized spacial score (nSPS) is 18.1. The summed E-state index contributed by atoms with van der Waals surface area (Å²) < 4.78 is 18.2. The van der Waals surface area contributed by atoms with Crippen LogP contribution in [0.25, 0.3) is 10.9 Å². The minimum Gasteiger partial charge on any atom is -0.489 e. The van der Waals surface area contributed by atoms with E-state index in [1.165, 1.54) is 6.40 Å². The molecule has 2 aliphatic rings. The highest BCUT2D eigenvalue weighted by molar-refractivity contribution is 9.10. The standard InChI is InChI=1S/C27H30BrN5O4/c1-27(2,3)37-26(34)33-9-7-20(8-10-33)36-23-13-22-18(12-21(23)28)14-30-25(32-22)31-19-6-4-5-17(11-19)24-15-29-16-35-24/h4-6,11-14,16,20,24H,7-10,15H2,1-3H3,(H,30,31,32). The molecule has 2 aliphatic heterocycles. The first-order chi connectivity index (χ1) is 17.7. The fourth-order valence-electron chi connectivity index (χ4n) is 4.27. The number of amides is 1. The number of halogens is 1. The third kappa shape index (κ3) is 6.30. The first-order valence-electron chi connectivity index (χ1n) is 12.4. The average Bonchev–Trinajstić information content (AvgIpc) is 3.40. The molecule has 9 nitrogen and oxygen atoms in total. The predicted molar refractivity (Wildman–Crippen MR) is 146 cm³/mol. The van der Waals surface area contributed by atoms with E-state index in [-0.39, 0.29) is 18.3 Å². The van der Waals surface area contributed by atoms with Gasteiger partial charge in [-0.3, -0.25) is 4.99 Å². The quantitative estimate of drug-likeness (QED) is 0.402. The molecule has 1 aromatic heterocycles. The van der Waals surface area contributed by atoms with Crippen molar-refractivity contribution in [3.8, 4) is 5.75 Å². The Labute approximate surface area is 224 Å². The molecule has 3 heterocycles. The summed E-state index contributed by atoms with van der Waals surface area (Å²) >= 11 is 3.62. The van der Waals surface area contributed by atoms with Crippen LogP contribution in [0.15, 0.2) is 52.1 Å². The molecule has 2 aromatic carbocycles. The van der Waals surface area contributed by atoms with Gasteiger partial charge in [-0.05, 0) is 60.5 Å². The van der Waals surface area contributed by atoms with Crippen LogP contribution in [0.2, 0.25) is 0 Å². The van der Waals surface area contributed by atoms with Crippen molar-refractivity contribution >= 4 is 51.0 Å². The highest BCUT2D eigenvalue weighted by Gasteiger charge is 2.28. The van der Waals surface area contributed by atoms with Gasteiger partial charge >= 0.3 is 6.09 Å². The van der Waals surface area contributed by atoms with Gasteiger partial charge in [-0.15, -0.1) is 0 Å². The third-order valence-electron chi connectivity index (χ3n) is 6.11. The van der Waals surface area contributed by atoms with Gasteiger partial charge in [0, 0.05) is 49.3 Å². The summed E-state index contributed by atoms with van der Waals surface area (Å²) in [5, 5.41) is 4.18. The van der Waals surface area contributed by atoms with Crippen LogP contribution in [0.1, 0.15) is 45.3 Å². The molecule has 5 rings (SSSR count). The topological polar surface area (TPSA) is 98.2 Å². The average molecular weight is 568 g/mol. The number of likely N-dealkylation sites (tertiary alicyclic amines) is 1. The molecule has 1 unspecified atom stereocenters. The molecule has 1 amide bonds. The van der Waals surface area contributed by atoms with E-state index in [2.05, 4.69) is 31.2 Å². The van der Waals surface area contributed by atoms with Crippen molar-refractivity contribution < 1.29 is 19.0 Å². The van der Waals surface area contributed by atoms with Crippen LogP contribution in [0.4, 0.5) is 16.4 Å². The van der Waals surface area contributed by atoms with Crippen LogP contribution in [0.5, 0.6) is 5.75 Å². The Balaban J connectivity index is 1.25.